The van der Waals surface area contributed by atoms with Gasteiger partial charge in [-0.15, -0.1) is 0 Å². The Hall–Kier alpha value is -1.55. The van der Waals surface area contributed by atoms with Crippen molar-refractivity contribution in [2.24, 2.45) is 7.05 Å². The van der Waals surface area contributed by atoms with E-state index in [2.05, 4.69) is 50.9 Å². The minimum atomic E-state index is 0.976. The van der Waals surface area contributed by atoms with Crippen LogP contribution in [0.15, 0.2) is 24.7 Å². The molecule has 0 atom stereocenters. The lowest BCUT2D eigenvalue weighted by molar-refractivity contribution is 0.754. The Kier molecular flexibility index (Phi) is 2.99. The van der Waals surface area contributed by atoms with Crippen LogP contribution < -0.4 is 0 Å². The van der Waals surface area contributed by atoms with Crippen LogP contribution in [0.2, 0.25) is 0 Å². The molecule has 0 bridgehead atoms. The second kappa shape index (κ2) is 4.97. The predicted molar refractivity (Wildman–Crippen MR) is 101 cm³/mol. The Balaban J connectivity index is 1.87. The fraction of sp³-hybridized carbons (Fsp3) is 0.267. The van der Waals surface area contributed by atoms with E-state index in [-0.39, 0.29) is 0 Å². The Morgan fingerprint density at radius 1 is 1.17 bits per heavy atom. The molecule has 0 saturated heterocycles. The van der Waals surface area contributed by atoms with Crippen LogP contribution in [0.25, 0.3) is 33.3 Å². The molecule has 0 aromatic carbocycles. The van der Waals surface area contributed by atoms with E-state index in [1.165, 1.54) is 17.9 Å². The van der Waals surface area contributed by atoms with Crippen molar-refractivity contribution in [2.45, 2.75) is 19.4 Å². The molecule has 1 aliphatic rings. The van der Waals surface area contributed by atoms with E-state index >= 15 is 0 Å². The second-order valence-corrected chi connectivity index (χ2v) is 7.46. The van der Waals surface area contributed by atoms with Crippen molar-refractivity contribution in [3.63, 3.8) is 0 Å². The third-order valence-corrected chi connectivity index (χ3v) is 6.22. The normalized spacial score (nSPS) is 14.2. The molecule has 5 rings (SSSR count). The van der Waals surface area contributed by atoms with E-state index in [0.29, 0.717) is 0 Å². The zero-order valence-electron chi connectivity index (χ0n) is 12.4. The summed E-state index contributed by atoms with van der Waals surface area (Å²) >= 11 is 2.32. The first-order chi connectivity index (χ1) is 11.3. The number of hydrogen-bond acceptors (Lipinski definition) is 4. The lowest BCUT2D eigenvalue weighted by Gasteiger charge is -2.07. The van der Waals surface area contributed by atoms with Crippen molar-refractivity contribution < 1.29 is 0 Å². The van der Waals surface area contributed by atoms with Gasteiger partial charge in [-0.05, 0) is 12.5 Å². The SMILES string of the molecule is Cn1ncc2cnc3c(cc(-c4cnc5n4CCC5)n3SI)c21. The van der Waals surface area contributed by atoms with E-state index < -0.39 is 0 Å². The average molecular weight is 436 g/mol. The van der Waals surface area contributed by atoms with Crippen LogP contribution in [0.5, 0.6) is 0 Å². The number of pyridine rings is 1. The Morgan fingerprint density at radius 3 is 2.96 bits per heavy atom. The number of aromatic nitrogens is 6. The molecule has 0 aliphatic carbocycles. The lowest BCUT2D eigenvalue weighted by atomic mass is 10.2. The van der Waals surface area contributed by atoms with Gasteiger partial charge < -0.3 is 4.57 Å². The van der Waals surface area contributed by atoms with Crippen LogP contribution in [-0.2, 0) is 20.0 Å². The summed E-state index contributed by atoms with van der Waals surface area (Å²) in [6, 6.07) is 2.22. The van der Waals surface area contributed by atoms with Gasteiger partial charge >= 0.3 is 0 Å². The summed E-state index contributed by atoms with van der Waals surface area (Å²) in [5.74, 6) is 1.19. The maximum atomic E-state index is 4.67. The largest absolute Gasteiger partial charge is 0.327 e. The molecule has 0 fully saturated rings. The summed E-state index contributed by atoms with van der Waals surface area (Å²) in [5, 5.41) is 6.58. The number of fused-ring (bicyclic) bond motifs is 4. The highest BCUT2D eigenvalue weighted by atomic mass is 127. The number of aryl methyl sites for hydroxylation is 2. The van der Waals surface area contributed by atoms with E-state index in [9.17, 15) is 0 Å². The summed E-state index contributed by atoms with van der Waals surface area (Å²) in [6.45, 7) is 1.05. The molecule has 0 unspecified atom stereocenters. The van der Waals surface area contributed by atoms with E-state index in [1.54, 1.807) is 9.12 Å². The topological polar surface area (TPSA) is 53.5 Å². The highest BCUT2D eigenvalue weighted by molar-refractivity contribution is 14.2. The smallest absolute Gasteiger partial charge is 0.153 e. The third kappa shape index (κ3) is 1.84. The number of rotatable bonds is 2. The van der Waals surface area contributed by atoms with Crippen molar-refractivity contribution in [2.75, 3.05) is 0 Å². The molecule has 0 saturated carbocycles. The molecule has 4 aromatic heterocycles. The molecule has 0 N–H and O–H groups in total. The van der Waals surface area contributed by atoms with Crippen molar-refractivity contribution in [1.29, 1.82) is 0 Å². The molecule has 6 nitrogen and oxygen atoms in total. The number of imidazole rings is 1. The quantitative estimate of drug-likeness (QED) is 0.451. The maximum Gasteiger partial charge on any atom is 0.153 e. The number of halogens is 1. The molecule has 1 aliphatic heterocycles. The molecule has 8 heteroatoms. The highest BCUT2D eigenvalue weighted by Gasteiger charge is 2.22. The van der Waals surface area contributed by atoms with E-state index in [0.717, 1.165) is 40.6 Å². The molecule has 0 spiro atoms. The molecule has 23 heavy (non-hydrogen) atoms. The molecular weight excluding hydrogens is 423 g/mol. The van der Waals surface area contributed by atoms with Gasteiger partial charge in [-0.1, -0.05) is 0 Å². The zero-order chi connectivity index (χ0) is 15.6. The number of hydrogen-bond donors (Lipinski definition) is 0. The standard InChI is InChI=1S/C15H13IN6S/c1-20-14-9(7-19-20)6-18-15-10(14)5-11(22(15)23-16)12-8-17-13-3-2-4-21(12)13/h5-8H,2-4H2,1H3. The number of nitrogens with zero attached hydrogens (tertiary/aromatic N) is 6. The summed E-state index contributed by atoms with van der Waals surface area (Å²) in [5.41, 5.74) is 4.43. The van der Waals surface area contributed by atoms with Crippen LogP contribution in [0.1, 0.15) is 12.2 Å². The summed E-state index contributed by atoms with van der Waals surface area (Å²) < 4.78 is 6.44. The summed E-state index contributed by atoms with van der Waals surface area (Å²) in [7, 11) is 3.62. The van der Waals surface area contributed by atoms with Gasteiger partial charge in [0.2, 0.25) is 0 Å². The van der Waals surface area contributed by atoms with E-state index in [4.69, 9.17) is 0 Å². The Morgan fingerprint density at radius 2 is 2.09 bits per heavy atom. The first-order valence-corrected chi connectivity index (χ1v) is 10.8. The van der Waals surface area contributed by atoms with Gasteiger partial charge in [-0.2, -0.15) is 5.10 Å². The first-order valence-electron chi connectivity index (χ1n) is 7.44. The van der Waals surface area contributed by atoms with Gasteiger partial charge in [-0.25, -0.2) is 9.97 Å². The predicted octanol–water partition coefficient (Wildman–Crippen LogP) is 3.58. The van der Waals surface area contributed by atoms with Crippen molar-refractivity contribution in [3.05, 3.63) is 30.5 Å². The Labute approximate surface area is 148 Å². The van der Waals surface area contributed by atoms with E-state index in [1.807, 2.05) is 30.3 Å². The minimum absolute atomic E-state index is 0.976. The molecule has 5 heterocycles. The third-order valence-electron chi connectivity index (χ3n) is 4.53. The average Bonchev–Trinajstić information content (AvgIpc) is 3.27. The van der Waals surface area contributed by atoms with Gasteiger partial charge in [0.1, 0.15) is 5.82 Å². The van der Waals surface area contributed by atoms with Crippen molar-refractivity contribution in [3.8, 4) is 11.4 Å². The Bertz CT molecular complexity index is 1060. The molecule has 0 radical (unpaired) electrons. The maximum absolute atomic E-state index is 4.67. The van der Waals surface area contributed by atoms with Crippen LogP contribution in [0.4, 0.5) is 0 Å². The molecule has 116 valence electrons. The second-order valence-electron chi connectivity index (χ2n) is 5.78. The van der Waals surface area contributed by atoms with Gasteiger partial charge in [0.15, 0.2) is 5.65 Å². The molecule has 4 aromatic rings. The molecular formula is C15H13IN6S. The monoisotopic (exact) mass is 436 g/mol. The molecule has 0 amide bonds. The van der Waals surface area contributed by atoms with Crippen LogP contribution in [-0.4, -0.2) is 28.3 Å². The van der Waals surface area contributed by atoms with Gasteiger partial charge in [0.05, 0.1) is 29.3 Å². The zero-order valence-corrected chi connectivity index (χ0v) is 15.4. The van der Waals surface area contributed by atoms with Crippen molar-refractivity contribution >= 4 is 52.3 Å². The minimum Gasteiger partial charge on any atom is -0.327 e. The fourth-order valence-electron chi connectivity index (χ4n) is 3.50. The summed E-state index contributed by atoms with van der Waals surface area (Å²) in [6.07, 6.45) is 8.01. The highest BCUT2D eigenvalue weighted by Crippen LogP contribution is 2.37. The van der Waals surface area contributed by atoms with Gasteiger partial charge in [0, 0.05) is 67.3 Å². The van der Waals surface area contributed by atoms with Gasteiger partial charge in [-0.3, -0.25) is 8.65 Å². The van der Waals surface area contributed by atoms with Crippen LogP contribution in [0, 0.1) is 0 Å². The summed E-state index contributed by atoms with van der Waals surface area (Å²) in [4.78, 5) is 9.26. The first kappa shape index (κ1) is 13.8. The van der Waals surface area contributed by atoms with Crippen LogP contribution in [0.3, 0.4) is 0 Å². The van der Waals surface area contributed by atoms with Crippen molar-refractivity contribution in [1.82, 2.24) is 28.3 Å². The fourth-order valence-corrected chi connectivity index (χ4v) is 5.13. The van der Waals surface area contributed by atoms with Crippen LogP contribution >= 0.6 is 30.3 Å². The van der Waals surface area contributed by atoms with Gasteiger partial charge in [0.25, 0.3) is 0 Å². The lowest BCUT2D eigenvalue weighted by Crippen LogP contribution is -1.98.